The number of hydrogen-bond donors (Lipinski definition) is 0. The van der Waals surface area contributed by atoms with E-state index in [1.54, 1.807) is 0 Å². The fourth-order valence-corrected chi connectivity index (χ4v) is 2.19. The Morgan fingerprint density at radius 3 is 2.09 bits per heavy atom. The Hall–Kier alpha value is -1.54. The average molecular weight is 330 g/mol. The van der Waals surface area contributed by atoms with E-state index in [0.717, 1.165) is 19.2 Å². The normalized spacial score (nSPS) is 19.7. The van der Waals surface area contributed by atoms with Crippen LogP contribution < -0.4 is 5.46 Å². The topological polar surface area (TPSA) is 44.8 Å². The van der Waals surface area contributed by atoms with E-state index in [2.05, 4.69) is 4.74 Å². The molecule has 8 heteroatoms. The molecule has 1 heterocycles. The van der Waals surface area contributed by atoms with Crippen LogP contribution in [0.15, 0.2) is 18.2 Å². The highest BCUT2D eigenvalue weighted by molar-refractivity contribution is 6.63. The van der Waals surface area contributed by atoms with Crippen molar-refractivity contribution in [2.75, 3.05) is 7.11 Å². The zero-order valence-corrected chi connectivity index (χ0v) is 13.6. The highest BCUT2D eigenvalue weighted by Crippen LogP contribution is 2.37. The minimum absolute atomic E-state index is 0.212. The minimum atomic E-state index is -4.56. The van der Waals surface area contributed by atoms with Gasteiger partial charge in [0.1, 0.15) is 0 Å². The second-order valence-corrected chi connectivity index (χ2v) is 6.38. The highest BCUT2D eigenvalue weighted by atomic mass is 19.4. The molecule has 0 atom stereocenters. The molecule has 1 aliphatic rings. The molecule has 1 aromatic carbocycles. The fraction of sp³-hybridized carbons (Fsp3) is 0.533. The third-order valence-electron chi connectivity index (χ3n) is 4.29. The number of ether oxygens (including phenoxy) is 1. The van der Waals surface area contributed by atoms with Crippen LogP contribution in [0.2, 0.25) is 0 Å². The van der Waals surface area contributed by atoms with E-state index in [0.29, 0.717) is 0 Å². The summed E-state index contributed by atoms with van der Waals surface area (Å²) in [5.41, 5.74) is -2.29. The summed E-state index contributed by atoms with van der Waals surface area (Å²) in [5, 5.41) is 0. The smallest absolute Gasteiger partial charge is 0.465 e. The van der Waals surface area contributed by atoms with Crippen LogP contribution in [0.5, 0.6) is 0 Å². The third kappa shape index (κ3) is 3.23. The standard InChI is InChI=1S/C15H18BF3O4/c1-13(2)14(3,4)23-16(22-13)11-7-6-9(15(17,18)19)8-10(11)12(20)21-5/h6-8H,1-5H3. The molecule has 0 amide bonds. The first-order valence-corrected chi connectivity index (χ1v) is 7.04. The van der Waals surface area contributed by atoms with Crippen molar-refractivity contribution in [3.8, 4) is 0 Å². The first kappa shape index (κ1) is 17.8. The van der Waals surface area contributed by atoms with Gasteiger partial charge in [-0.1, -0.05) is 12.1 Å². The van der Waals surface area contributed by atoms with E-state index in [9.17, 15) is 18.0 Å². The summed E-state index contributed by atoms with van der Waals surface area (Å²) < 4.78 is 54.8. The zero-order chi connectivity index (χ0) is 17.6. The summed E-state index contributed by atoms with van der Waals surface area (Å²) in [6.45, 7) is 7.26. The van der Waals surface area contributed by atoms with Crippen molar-refractivity contribution in [3.05, 3.63) is 29.3 Å². The van der Waals surface area contributed by atoms with Crippen LogP contribution in [0.4, 0.5) is 13.2 Å². The van der Waals surface area contributed by atoms with Crippen LogP contribution in [-0.4, -0.2) is 31.4 Å². The van der Waals surface area contributed by atoms with Gasteiger partial charge in [0.25, 0.3) is 0 Å². The molecule has 0 aromatic heterocycles. The second-order valence-electron chi connectivity index (χ2n) is 6.38. The van der Waals surface area contributed by atoms with E-state index in [-0.39, 0.29) is 11.0 Å². The lowest BCUT2D eigenvalue weighted by molar-refractivity contribution is -0.137. The van der Waals surface area contributed by atoms with Gasteiger partial charge >= 0.3 is 19.3 Å². The van der Waals surface area contributed by atoms with E-state index in [1.165, 1.54) is 6.07 Å². The quantitative estimate of drug-likeness (QED) is 0.618. The first-order chi connectivity index (χ1) is 10.4. The number of carbonyl (C=O) groups excluding carboxylic acids is 1. The summed E-state index contributed by atoms with van der Waals surface area (Å²) in [6, 6.07) is 2.84. The fourth-order valence-electron chi connectivity index (χ4n) is 2.19. The van der Waals surface area contributed by atoms with Crippen LogP contribution in [0, 0.1) is 0 Å². The summed E-state index contributed by atoms with van der Waals surface area (Å²) >= 11 is 0. The van der Waals surface area contributed by atoms with E-state index < -0.39 is 36.0 Å². The molecule has 0 N–H and O–H groups in total. The van der Waals surface area contributed by atoms with Crippen LogP contribution in [-0.2, 0) is 20.2 Å². The minimum Gasteiger partial charge on any atom is -0.465 e. The molecule has 0 bridgehead atoms. The molecule has 23 heavy (non-hydrogen) atoms. The molecule has 0 aliphatic carbocycles. The number of benzene rings is 1. The summed E-state index contributed by atoms with van der Waals surface area (Å²) in [5.74, 6) is -0.874. The molecule has 126 valence electrons. The number of hydrogen-bond acceptors (Lipinski definition) is 4. The zero-order valence-electron chi connectivity index (χ0n) is 13.6. The molecular weight excluding hydrogens is 312 g/mol. The van der Waals surface area contributed by atoms with Crippen LogP contribution in [0.25, 0.3) is 0 Å². The van der Waals surface area contributed by atoms with Crippen LogP contribution in [0.1, 0.15) is 43.6 Å². The van der Waals surface area contributed by atoms with E-state index in [4.69, 9.17) is 9.31 Å². The van der Waals surface area contributed by atoms with Crippen molar-refractivity contribution in [2.24, 2.45) is 0 Å². The Kier molecular flexibility index (Phi) is 4.28. The number of halogens is 3. The lowest BCUT2D eigenvalue weighted by atomic mass is 9.75. The average Bonchev–Trinajstić information content (AvgIpc) is 2.65. The molecule has 2 rings (SSSR count). The van der Waals surface area contributed by atoms with Crippen molar-refractivity contribution in [1.82, 2.24) is 0 Å². The maximum Gasteiger partial charge on any atom is 0.495 e. The summed E-state index contributed by atoms with van der Waals surface area (Å²) in [6.07, 6.45) is -4.56. The first-order valence-electron chi connectivity index (χ1n) is 7.04. The number of esters is 1. The molecule has 0 unspecified atom stereocenters. The maximum atomic E-state index is 12.9. The lowest BCUT2D eigenvalue weighted by Crippen LogP contribution is -2.41. The van der Waals surface area contributed by atoms with Gasteiger partial charge in [-0.25, -0.2) is 4.79 Å². The van der Waals surface area contributed by atoms with Crippen molar-refractivity contribution in [3.63, 3.8) is 0 Å². The number of methoxy groups -OCH3 is 1. The monoisotopic (exact) mass is 330 g/mol. The molecule has 1 fully saturated rings. The Morgan fingerprint density at radius 2 is 1.65 bits per heavy atom. The van der Waals surface area contributed by atoms with Gasteiger partial charge in [0.15, 0.2) is 0 Å². The number of carbonyl (C=O) groups is 1. The number of alkyl halides is 3. The molecule has 1 saturated heterocycles. The number of rotatable bonds is 2. The Labute approximate surface area is 133 Å². The maximum absolute atomic E-state index is 12.9. The molecule has 1 aliphatic heterocycles. The van der Waals surface area contributed by atoms with Gasteiger partial charge in [0, 0.05) is 0 Å². The molecule has 1 aromatic rings. The lowest BCUT2D eigenvalue weighted by Gasteiger charge is -2.32. The Balaban J connectivity index is 2.49. The summed E-state index contributed by atoms with van der Waals surface area (Å²) in [7, 11) is 0.160. The molecule has 4 nitrogen and oxygen atoms in total. The molecular formula is C15H18BF3O4. The molecule has 0 spiro atoms. The van der Waals surface area contributed by atoms with Crippen LogP contribution in [0.3, 0.4) is 0 Å². The van der Waals surface area contributed by atoms with Gasteiger partial charge in [-0.05, 0) is 39.2 Å². The summed E-state index contributed by atoms with van der Waals surface area (Å²) in [4.78, 5) is 11.9. The van der Waals surface area contributed by atoms with E-state index in [1.807, 2.05) is 27.7 Å². The third-order valence-corrected chi connectivity index (χ3v) is 4.29. The largest absolute Gasteiger partial charge is 0.495 e. The molecule has 0 radical (unpaired) electrons. The van der Waals surface area contributed by atoms with Crippen LogP contribution >= 0.6 is 0 Å². The van der Waals surface area contributed by atoms with Gasteiger partial charge in [-0.3, -0.25) is 0 Å². The van der Waals surface area contributed by atoms with Crippen molar-refractivity contribution in [1.29, 1.82) is 0 Å². The van der Waals surface area contributed by atoms with Crippen molar-refractivity contribution in [2.45, 2.75) is 45.1 Å². The van der Waals surface area contributed by atoms with Crippen molar-refractivity contribution < 1.29 is 32.0 Å². The Bertz CT molecular complexity index is 610. The SMILES string of the molecule is COC(=O)c1cc(C(F)(F)F)ccc1B1OC(C)(C)C(C)(C)O1. The second kappa shape index (κ2) is 5.52. The van der Waals surface area contributed by atoms with Gasteiger partial charge in [-0.2, -0.15) is 13.2 Å². The van der Waals surface area contributed by atoms with Crippen molar-refractivity contribution >= 4 is 18.6 Å². The highest BCUT2D eigenvalue weighted by Gasteiger charge is 2.52. The van der Waals surface area contributed by atoms with E-state index >= 15 is 0 Å². The molecule has 0 saturated carbocycles. The Morgan fingerprint density at radius 1 is 1.13 bits per heavy atom. The predicted molar refractivity (Wildman–Crippen MR) is 78.5 cm³/mol. The van der Waals surface area contributed by atoms with Gasteiger partial charge < -0.3 is 14.0 Å². The van der Waals surface area contributed by atoms with Gasteiger partial charge in [-0.15, -0.1) is 0 Å². The van der Waals surface area contributed by atoms with Gasteiger partial charge in [0.2, 0.25) is 0 Å². The predicted octanol–water partition coefficient (Wildman–Crippen LogP) is 2.79. The van der Waals surface area contributed by atoms with Gasteiger partial charge in [0.05, 0.1) is 29.4 Å².